The molecule has 0 N–H and O–H groups in total. The first-order valence-corrected chi connectivity index (χ1v) is 8.20. The highest BCUT2D eigenvalue weighted by Gasteiger charge is 2.60. The van der Waals surface area contributed by atoms with Crippen LogP contribution in [0.3, 0.4) is 0 Å². The summed E-state index contributed by atoms with van der Waals surface area (Å²) in [5, 5.41) is 0. The fraction of sp³-hybridized carbons (Fsp3) is 0.647. The Bertz CT molecular complexity index is 585. The van der Waals surface area contributed by atoms with Crippen LogP contribution < -0.4 is 0 Å². The third-order valence-electron chi connectivity index (χ3n) is 5.21. The number of pyridine rings is 1. The third-order valence-corrected chi connectivity index (χ3v) is 5.21. The number of likely N-dealkylation sites (tertiary alicyclic amines) is 1. The van der Waals surface area contributed by atoms with E-state index >= 15 is 0 Å². The molecule has 4 rings (SSSR count). The summed E-state index contributed by atoms with van der Waals surface area (Å²) < 4.78 is 25.6. The minimum absolute atomic E-state index is 0.267. The normalized spacial score (nSPS) is 27.0. The number of carbonyl (C=O) groups is 1. The van der Waals surface area contributed by atoms with Crippen molar-refractivity contribution in [3.63, 3.8) is 0 Å². The van der Waals surface area contributed by atoms with Crippen LogP contribution in [-0.2, 0) is 20.9 Å². The van der Waals surface area contributed by atoms with E-state index in [1.165, 1.54) is 0 Å². The van der Waals surface area contributed by atoms with Gasteiger partial charge in [-0.1, -0.05) is 0 Å². The van der Waals surface area contributed by atoms with E-state index in [-0.39, 0.29) is 17.4 Å². The summed E-state index contributed by atoms with van der Waals surface area (Å²) in [5.41, 5.74) is -0.807. The Morgan fingerprint density at radius 2 is 2.13 bits per heavy atom. The van der Waals surface area contributed by atoms with E-state index in [9.17, 15) is 9.18 Å². The van der Waals surface area contributed by atoms with Crippen molar-refractivity contribution < 1.29 is 18.7 Å². The molecule has 0 radical (unpaired) electrons. The van der Waals surface area contributed by atoms with Gasteiger partial charge in [0.05, 0.1) is 26.3 Å². The van der Waals surface area contributed by atoms with Crippen LogP contribution in [0.1, 0.15) is 24.8 Å². The zero-order valence-corrected chi connectivity index (χ0v) is 13.0. The average Bonchev–Trinajstić information content (AvgIpc) is 3.14. The first-order valence-electron chi connectivity index (χ1n) is 8.20. The van der Waals surface area contributed by atoms with Gasteiger partial charge in [0.25, 0.3) is 5.91 Å². The van der Waals surface area contributed by atoms with Gasteiger partial charge < -0.3 is 14.4 Å². The molecule has 2 saturated heterocycles. The number of ether oxygens (including phenoxy) is 2. The molecule has 23 heavy (non-hydrogen) atoms. The van der Waals surface area contributed by atoms with Gasteiger partial charge >= 0.3 is 0 Å². The van der Waals surface area contributed by atoms with Crippen LogP contribution in [-0.4, -0.2) is 53.4 Å². The summed E-state index contributed by atoms with van der Waals surface area (Å²) in [6, 6.07) is 3.86. The van der Waals surface area contributed by atoms with Crippen LogP contribution in [0.25, 0.3) is 0 Å². The minimum atomic E-state index is -1.58. The van der Waals surface area contributed by atoms with Crippen LogP contribution in [0.2, 0.25) is 0 Å². The van der Waals surface area contributed by atoms with Crippen LogP contribution >= 0.6 is 0 Å². The zero-order valence-electron chi connectivity index (χ0n) is 13.0. The number of rotatable bonds is 5. The van der Waals surface area contributed by atoms with Crippen molar-refractivity contribution in [3.8, 4) is 0 Å². The van der Waals surface area contributed by atoms with Crippen LogP contribution in [0.5, 0.6) is 0 Å². The van der Waals surface area contributed by atoms with Gasteiger partial charge in [-0.3, -0.25) is 9.78 Å². The maximum absolute atomic E-state index is 13.9. The van der Waals surface area contributed by atoms with Gasteiger partial charge in [0.1, 0.15) is 5.60 Å². The molecule has 0 aromatic carbocycles. The quantitative estimate of drug-likeness (QED) is 0.829. The van der Waals surface area contributed by atoms with E-state index in [0.29, 0.717) is 45.8 Å². The molecule has 1 amide bonds. The highest BCUT2D eigenvalue weighted by Crippen LogP contribution is 2.46. The second-order valence-electron chi connectivity index (χ2n) is 6.90. The maximum Gasteiger partial charge on any atom is 0.260 e. The predicted molar refractivity (Wildman–Crippen MR) is 80.3 cm³/mol. The Morgan fingerprint density at radius 3 is 2.83 bits per heavy atom. The minimum Gasteiger partial charge on any atom is -0.376 e. The van der Waals surface area contributed by atoms with Crippen molar-refractivity contribution in [3.05, 3.63) is 30.1 Å². The van der Waals surface area contributed by atoms with Gasteiger partial charge in [0.2, 0.25) is 0 Å². The highest BCUT2D eigenvalue weighted by molar-refractivity contribution is 5.88. The van der Waals surface area contributed by atoms with Gasteiger partial charge in [-0.15, -0.1) is 0 Å². The third kappa shape index (κ3) is 2.74. The molecule has 0 unspecified atom stereocenters. The van der Waals surface area contributed by atoms with E-state index in [0.717, 1.165) is 12.0 Å². The molecule has 124 valence electrons. The lowest BCUT2D eigenvalue weighted by molar-refractivity contribution is -0.174. The first-order chi connectivity index (χ1) is 11.1. The molecule has 3 aliphatic rings. The summed E-state index contributed by atoms with van der Waals surface area (Å²) in [4.78, 5) is 17.6. The summed E-state index contributed by atoms with van der Waals surface area (Å²) in [6.07, 6.45) is 5.17. The number of hydrogen-bond donors (Lipinski definition) is 0. The molecule has 2 aliphatic heterocycles. The van der Waals surface area contributed by atoms with Gasteiger partial charge in [-0.05, 0) is 37.0 Å². The van der Waals surface area contributed by atoms with Crippen LogP contribution in [0.4, 0.5) is 4.39 Å². The Labute approximate surface area is 134 Å². The highest BCUT2D eigenvalue weighted by atomic mass is 19.1. The zero-order chi connectivity index (χ0) is 15.9. The number of hydrogen-bond acceptors (Lipinski definition) is 4. The lowest BCUT2D eigenvalue weighted by Gasteiger charge is -2.50. The molecular formula is C17H21FN2O3. The summed E-state index contributed by atoms with van der Waals surface area (Å²) in [7, 11) is 0. The van der Waals surface area contributed by atoms with Gasteiger partial charge in [0, 0.05) is 24.9 Å². The first kappa shape index (κ1) is 15.0. The lowest BCUT2D eigenvalue weighted by Crippen LogP contribution is -2.68. The number of aromatic nitrogens is 1. The van der Waals surface area contributed by atoms with Crippen molar-refractivity contribution in [2.75, 3.05) is 26.3 Å². The molecule has 3 fully saturated rings. The molecule has 0 bridgehead atoms. The molecule has 5 nitrogen and oxygen atoms in total. The largest absolute Gasteiger partial charge is 0.376 e. The molecular weight excluding hydrogens is 299 g/mol. The van der Waals surface area contributed by atoms with E-state index in [1.807, 2.05) is 12.1 Å². The van der Waals surface area contributed by atoms with Crippen molar-refractivity contribution in [1.29, 1.82) is 0 Å². The lowest BCUT2D eigenvalue weighted by atomic mass is 9.81. The van der Waals surface area contributed by atoms with Crippen molar-refractivity contribution in [1.82, 2.24) is 9.88 Å². The molecule has 1 aromatic heterocycles. The van der Waals surface area contributed by atoms with Crippen molar-refractivity contribution in [2.24, 2.45) is 5.92 Å². The van der Waals surface area contributed by atoms with E-state index in [4.69, 9.17) is 9.47 Å². The molecule has 1 saturated carbocycles. The maximum atomic E-state index is 13.9. The van der Waals surface area contributed by atoms with Crippen molar-refractivity contribution >= 4 is 5.91 Å². The van der Waals surface area contributed by atoms with Crippen LogP contribution in [0, 0.1) is 5.92 Å². The van der Waals surface area contributed by atoms with Crippen molar-refractivity contribution in [2.45, 2.75) is 37.1 Å². The van der Waals surface area contributed by atoms with Gasteiger partial charge in [-0.2, -0.15) is 0 Å². The molecule has 3 heterocycles. The predicted octanol–water partition coefficient (Wildman–Crippen LogP) is 1.72. The molecule has 1 atom stereocenters. The monoisotopic (exact) mass is 320 g/mol. The molecule has 1 aliphatic carbocycles. The second kappa shape index (κ2) is 5.53. The number of amides is 1. The average molecular weight is 320 g/mol. The number of halogens is 1. The molecule has 1 aromatic rings. The Balaban J connectivity index is 1.29. The fourth-order valence-electron chi connectivity index (χ4n) is 3.52. The SMILES string of the molecule is O=C(N1CC2(C1)OCC[C@H]2COCc1ccncc1)C1(F)CC1. The van der Waals surface area contributed by atoms with E-state index in [2.05, 4.69) is 4.98 Å². The fourth-order valence-corrected chi connectivity index (χ4v) is 3.52. The van der Waals surface area contributed by atoms with E-state index in [1.54, 1.807) is 17.3 Å². The number of carbonyl (C=O) groups excluding carboxylic acids is 1. The Kier molecular flexibility index (Phi) is 3.61. The second-order valence-corrected chi connectivity index (χ2v) is 6.90. The Morgan fingerprint density at radius 1 is 1.39 bits per heavy atom. The Hall–Kier alpha value is -1.53. The summed E-state index contributed by atoms with van der Waals surface area (Å²) in [5.74, 6) is -0.0850. The molecule has 1 spiro atoms. The standard InChI is InChI=1S/C17H21FN2O3/c18-16(4-5-16)15(21)20-11-17(12-20)14(3-8-23-17)10-22-9-13-1-6-19-7-2-13/h1-2,6-7,14H,3-5,8-12H2/t14-/m0/s1. The van der Waals surface area contributed by atoms with Crippen LogP contribution in [0.15, 0.2) is 24.5 Å². The molecule has 6 heteroatoms. The van der Waals surface area contributed by atoms with Gasteiger partial charge in [-0.25, -0.2) is 4.39 Å². The van der Waals surface area contributed by atoms with E-state index < -0.39 is 5.67 Å². The van der Waals surface area contributed by atoms with Gasteiger partial charge in [0.15, 0.2) is 5.67 Å². The smallest absolute Gasteiger partial charge is 0.260 e. The summed E-state index contributed by atoms with van der Waals surface area (Å²) >= 11 is 0. The number of nitrogens with zero attached hydrogens (tertiary/aromatic N) is 2. The topological polar surface area (TPSA) is 51.7 Å². The summed E-state index contributed by atoms with van der Waals surface area (Å²) in [6.45, 7) is 2.84. The number of alkyl halides is 1.